The number of nitrogens with one attached hydrogen (secondary N) is 3. The Morgan fingerprint density at radius 3 is 2.35 bits per heavy atom. The monoisotopic (exact) mass is 543 g/mol. The van der Waals surface area contributed by atoms with Crippen molar-refractivity contribution in [2.45, 2.75) is 38.8 Å². The Labute approximate surface area is 229 Å². The molecule has 1 heterocycles. The number of carbonyl (C=O) groups is 2. The summed E-state index contributed by atoms with van der Waals surface area (Å²) in [4.78, 5) is 27.3. The Morgan fingerprint density at radius 1 is 0.950 bits per heavy atom. The molecule has 0 unspecified atom stereocenters. The molecule has 0 aliphatic heterocycles. The molecule has 0 atom stereocenters. The fourth-order valence-electron chi connectivity index (χ4n) is 4.53. The minimum atomic E-state index is -0.730. The number of aromatic amines is 1. The molecular weight excluding hydrogens is 516 g/mol. The van der Waals surface area contributed by atoms with Crippen molar-refractivity contribution in [2.75, 3.05) is 10.2 Å². The zero-order valence-corrected chi connectivity index (χ0v) is 21.5. The first-order valence-electron chi connectivity index (χ1n) is 12.9. The summed E-state index contributed by atoms with van der Waals surface area (Å²) >= 11 is 0. The van der Waals surface area contributed by atoms with E-state index in [-0.39, 0.29) is 24.6 Å². The van der Waals surface area contributed by atoms with Gasteiger partial charge in [-0.2, -0.15) is 5.21 Å². The number of nitrogens with zero attached hydrogens (tertiary/aromatic N) is 4. The lowest BCUT2D eigenvalue weighted by molar-refractivity contribution is 0.102. The molecule has 0 saturated carbocycles. The third-order valence-electron chi connectivity index (χ3n) is 6.69. The summed E-state index contributed by atoms with van der Waals surface area (Å²) in [5.74, 6) is -1.82. The van der Waals surface area contributed by atoms with E-state index in [2.05, 4.69) is 37.3 Å². The minimum Gasteiger partial charge on any atom is -0.333 e. The number of rotatable bonds is 8. The maximum Gasteiger partial charge on any atom is 0.322 e. The molecule has 9 nitrogen and oxygen atoms in total. The van der Waals surface area contributed by atoms with Crippen LogP contribution in [-0.4, -0.2) is 32.6 Å². The molecule has 204 valence electrons. The molecular formula is C29H27F2N7O2. The third kappa shape index (κ3) is 6.37. The van der Waals surface area contributed by atoms with Gasteiger partial charge in [-0.25, -0.2) is 13.6 Å². The highest BCUT2D eigenvalue weighted by Crippen LogP contribution is 2.29. The Hall–Kier alpha value is -4.93. The van der Waals surface area contributed by atoms with Crippen LogP contribution in [0, 0.1) is 11.6 Å². The number of hydrogen-bond donors (Lipinski definition) is 3. The molecule has 1 aliphatic rings. The van der Waals surface area contributed by atoms with Gasteiger partial charge < -0.3 is 5.32 Å². The SMILES string of the molecule is O=C(Nc1nn[nH]n1)c1ccc(CN(C(=O)NCc2c(F)cccc2F)c2ccc(C3=CCCCC3)cc2)cc1. The van der Waals surface area contributed by atoms with Gasteiger partial charge in [0, 0.05) is 16.8 Å². The van der Waals surface area contributed by atoms with Crippen molar-refractivity contribution in [3.05, 3.63) is 107 Å². The van der Waals surface area contributed by atoms with Gasteiger partial charge in [0.2, 0.25) is 0 Å². The second kappa shape index (κ2) is 12.3. The van der Waals surface area contributed by atoms with Crippen molar-refractivity contribution in [1.82, 2.24) is 25.9 Å². The number of amides is 3. The normalized spacial score (nSPS) is 12.9. The number of benzene rings is 3. The zero-order chi connectivity index (χ0) is 27.9. The van der Waals surface area contributed by atoms with Crippen LogP contribution >= 0.6 is 0 Å². The lowest BCUT2D eigenvalue weighted by Crippen LogP contribution is -2.39. The lowest BCUT2D eigenvalue weighted by Gasteiger charge is -2.24. The Kier molecular flexibility index (Phi) is 8.19. The zero-order valence-electron chi connectivity index (χ0n) is 21.5. The van der Waals surface area contributed by atoms with Crippen LogP contribution < -0.4 is 15.5 Å². The molecule has 4 aromatic rings. The van der Waals surface area contributed by atoms with Crippen LogP contribution in [0.1, 0.15) is 52.7 Å². The number of urea groups is 1. The number of hydrogen-bond acceptors (Lipinski definition) is 5. The molecule has 1 aromatic heterocycles. The van der Waals surface area contributed by atoms with Gasteiger partial charge in [0.15, 0.2) is 0 Å². The third-order valence-corrected chi connectivity index (χ3v) is 6.69. The van der Waals surface area contributed by atoms with Crippen LogP contribution in [0.5, 0.6) is 0 Å². The highest BCUT2D eigenvalue weighted by Gasteiger charge is 2.19. The first-order chi connectivity index (χ1) is 19.5. The standard InChI is InChI=1S/C29H27F2N7O2/c30-25-7-4-8-26(31)24(25)17-32-29(40)38(23-15-13-21(14-16-23)20-5-2-1-3-6-20)18-19-9-11-22(12-10-19)27(39)33-28-34-36-37-35-28/h4-5,7-16H,1-3,6,17-18H2,(H,32,40)(H2,33,34,35,36,37,39). The van der Waals surface area contributed by atoms with Crippen LogP contribution in [0.3, 0.4) is 0 Å². The molecule has 1 aliphatic carbocycles. The van der Waals surface area contributed by atoms with E-state index in [0.717, 1.165) is 42.5 Å². The summed E-state index contributed by atoms with van der Waals surface area (Å²) < 4.78 is 28.3. The number of halogens is 2. The van der Waals surface area contributed by atoms with Gasteiger partial charge in [0.1, 0.15) is 11.6 Å². The van der Waals surface area contributed by atoms with Crippen molar-refractivity contribution in [1.29, 1.82) is 0 Å². The predicted molar refractivity (Wildman–Crippen MR) is 146 cm³/mol. The molecule has 40 heavy (non-hydrogen) atoms. The molecule has 0 radical (unpaired) electrons. The summed E-state index contributed by atoms with van der Waals surface area (Å²) in [6, 6.07) is 17.4. The van der Waals surface area contributed by atoms with Crippen LogP contribution in [-0.2, 0) is 13.1 Å². The van der Waals surface area contributed by atoms with E-state index in [4.69, 9.17) is 0 Å². The minimum absolute atomic E-state index is 0.0515. The second-order valence-electron chi connectivity index (χ2n) is 9.35. The Morgan fingerprint density at radius 2 is 1.70 bits per heavy atom. The van der Waals surface area contributed by atoms with Gasteiger partial charge >= 0.3 is 6.03 Å². The molecule has 3 amide bonds. The number of allylic oxidation sites excluding steroid dienone is 2. The van der Waals surface area contributed by atoms with Gasteiger partial charge in [0.05, 0.1) is 13.1 Å². The summed E-state index contributed by atoms with van der Waals surface area (Å²) in [5, 5.41) is 18.2. The van der Waals surface area contributed by atoms with Gasteiger partial charge in [-0.05, 0) is 84.0 Å². The predicted octanol–water partition coefficient (Wildman–Crippen LogP) is 5.60. The average molecular weight is 544 g/mol. The molecule has 0 saturated heterocycles. The summed E-state index contributed by atoms with van der Waals surface area (Å²) in [6.45, 7) is -0.158. The molecule has 0 bridgehead atoms. The molecule has 3 N–H and O–H groups in total. The van der Waals surface area contributed by atoms with Crippen molar-refractivity contribution in [3.8, 4) is 0 Å². The maximum absolute atomic E-state index is 14.2. The van der Waals surface area contributed by atoms with Crippen LogP contribution in [0.15, 0.2) is 72.8 Å². The van der Waals surface area contributed by atoms with E-state index in [1.54, 1.807) is 24.3 Å². The average Bonchev–Trinajstić information content (AvgIpc) is 3.49. The largest absolute Gasteiger partial charge is 0.333 e. The first-order valence-corrected chi connectivity index (χ1v) is 12.9. The van der Waals surface area contributed by atoms with E-state index in [0.29, 0.717) is 11.3 Å². The highest BCUT2D eigenvalue weighted by molar-refractivity contribution is 6.03. The van der Waals surface area contributed by atoms with E-state index >= 15 is 0 Å². The topological polar surface area (TPSA) is 116 Å². The molecule has 0 fully saturated rings. The van der Waals surface area contributed by atoms with E-state index in [1.165, 1.54) is 23.0 Å². The van der Waals surface area contributed by atoms with Gasteiger partial charge in [-0.15, -0.1) is 5.10 Å². The Bertz CT molecular complexity index is 1480. The number of carbonyl (C=O) groups excluding carboxylic acids is 2. The van der Waals surface area contributed by atoms with Crippen LogP contribution in [0.25, 0.3) is 5.57 Å². The maximum atomic E-state index is 14.2. The number of tetrazole rings is 1. The summed E-state index contributed by atoms with van der Waals surface area (Å²) in [5.41, 5.74) is 3.90. The number of anilines is 2. The molecule has 11 heteroatoms. The second-order valence-corrected chi connectivity index (χ2v) is 9.35. The highest BCUT2D eigenvalue weighted by atomic mass is 19.1. The fourth-order valence-corrected chi connectivity index (χ4v) is 4.53. The van der Waals surface area contributed by atoms with Crippen LogP contribution in [0.4, 0.5) is 25.2 Å². The molecule has 5 rings (SSSR count). The van der Waals surface area contributed by atoms with E-state index in [9.17, 15) is 18.4 Å². The van der Waals surface area contributed by atoms with Crippen molar-refractivity contribution in [2.24, 2.45) is 0 Å². The molecule has 0 spiro atoms. The van der Waals surface area contributed by atoms with Crippen molar-refractivity contribution < 1.29 is 18.4 Å². The fraction of sp³-hybridized carbons (Fsp3) is 0.207. The van der Waals surface area contributed by atoms with Crippen LogP contribution in [0.2, 0.25) is 0 Å². The van der Waals surface area contributed by atoms with Crippen molar-refractivity contribution >= 4 is 29.1 Å². The van der Waals surface area contributed by atoms with E-state index in [1.807, 2.05) is 24.3 Å². The van der Waals surface area contributed by atoms with Gasteiger partial charge in [-0.1, -0.05) is 41.5 Å². The van der Waals surface area contributed by atoms with Crippen molar-refractivity contribution in [3.63, 3.8) is 0 Å². The summed E-state index contributed by atoms with van der Waals surface area (Å²) in [6.07, 6.45) is 6.67. The lowest BCUT2D eigenvalue weighted by atomic mass is 9.93. The number of H-pyrrole nitrogens is 1. The Balaban J connectivity index is 1.35. The van der Waals surface area contributed by atoms with Gasteiger partial charge in [-0.3, -0.25) is 15.0 Å². The first kappa shape index (κ1) is 26.7. The van der Waals surface area contributed by atoms with Gasteiger partial charge in [0.25, 0.3) is 11.9 Å². The quantitative estimate of drug-likeness (QED) is 0.267. The summed E-state index contributed by atoms with van der Waals surface area (Å²) in [7, 11) is 0. The smallest absolute Gasteiger partial charge is 0.322 e. The molecule has 3 aromatic carbocycles. The van der Waals surface area contributed by atoms with E-state index < -0.39 is 23.6 Å². The number of aromatic nitrogens is 4.